The van der Waals surface area contributed by atoms with Crippen LogP contribution in [0.25, 0.3) is 66.1 Å². The zero-order valence-electron chi connectivity index (χ0n) is 35.3. The standard InChI is InChI=1S/C62H44N2/c1-6-18-45(19-7-1)47-30-34-49(35-31-47)61-57-28-16-17-29-58(57)62(50-36-32-48(33-37-50)46-20-8-2-9-21-46)60-44-56(42-43-59(60)61)64(53-26-14-5-15-27-53)55-40-38-54(39-41-55)63(51-22-10-3-11-23-51)52-24-12-4-13-25-52/h1-44H. The molecule has 0 aromatic heterocycles. The predicted octanol–water partition coefficient (Wildman–Crippen LogP) is 17.6. The normalized spacial score (nSPS) is 11.1. The van der Waals surface area contributed by atoms with Gasteiger partial charge in [-0.2, -0.15) is 0 Å². The van der Waals surface area contributed by atoms with Crippen molar-refractivity contribution >= 4 is 55.7 Å². The number of rotatable bonds is 10. The van der Waals surface area contributed by atoms with Crippen LogP contribution in [0.15, 0.2) is 267 Å². The second-order valence-electron chi connectivity index (χ2n) is 16.1. The molecule has 0 aliphatic rings. The molecule has 2 nitrogen and oxygen atoms in total. The van der Waals surface area contributed by atoms with Crippen LogP contribution in [0, 0.1) is 0 Å². The lowest BCUT2D eigenvalue weighted by molar-refractivity contribution is 1.26. The van der Waals surface area contributed by atoms with E-state index in [-0.39, 0.29) is 0 Å². The third-order valence-electron chi connectivity index (χ3n) is 12.2. The van der Waals surface area contributed by atoms with Crippen molar-refractivity contribution in [3.05, 3.63) is 267 Å². The van der Waals surface area contributed by atoms with E-state index in [1.54, 1.807) is 0 Å². The van der Waals surface area contributed by atoms with E-state index in [9.17, 15) is 0 Å². The van der Waals surface area contributed by atoms with Crippen LogP contribution < -0.4 is 9.80 Å². The van der Waals surface area contributed by atoms with Crippen molar-refractivity contribution in [2.75, 3.05) is 9.80 Å². The van der Waals surface area contributed by atoms with Gasteiger partial charge >= 0.3 is 0 Å². The zero-order valence-corrected chi connectivity index (χ0v) is 35.3. The Labute approximate surface area is 375 Å². The maximum atomic E-state index is 2.41. The first-order valence-corrected chi connectivity index (χ1v) is 21.9. The highest BCUT2D eigenvalue weighted by Gasteiger charge is 2.21. The molecule has 11 aromatic rings. The van der Waals surface area contributed by atoms with Crippen LogP contribution in [0.3, 0.4) is 0 Å². The summed E-state index contributed by atoms with van der Waals surface area (Å²) in [4.78, 5) is 4.69. The van der Waals surface area contributed by atoms with Crippen LogP contribution in [0.4, 0.5) is 34.1 Å². The van der Waals surface area contributed by atoms with E-state index in [0.29, 0.717) is 0 Å². The minimum absolute atomic E-state index is 1.07. The molecule has 0 amide bonds. The van der Waals surface area contributed by atoms with Crippen molar-refractivity contribution in [1.29, 1.82) is 0 Å². The van der Waals surface area contributed by atoms with Gasteiger partial charge in [0.1, 0.15) is 0 Å². The molecule has 0 saturated carbocycles. The van der Waals surface area contributed by atoms with Gasteiger partial charge in [-0.25, -0.2) is 0 Å². The highest BCUT2D eigenvalue weighted by atomic mass is 15.2. The number of hydrogen-bond donors (Lipinski definition) is 0. The molecule has 0 spiro atoms. The van der Waals surface area contributed by atoms with Crippen LogP contribution in [0.5, 0.6) is 0 Å². The van der Waals surface area contributed by atoms with Crippen molar-refractivity contribution < 1.29 is 0 Å². The molecule has 0 saturated heterocycles. The fraction of sp³-hybridized carbons (Fsp3) is 0. The van der Waals surface area contributed by atoms with Gasteiger partial charge in [0, 0.05) is 34.1 Å². The SMILES string of the molecule is c1ccc(-c2ccc(-c3c4ccccc4c(-c4ccc(-c5ccccc5)cc4)c4cc(N(c5ccccc5)c5ccc(N(c6ccccc6)c6ccccc6)cc5)ccc34)cc2)cc1. The van der Waals surface area contributed by atoms with Crippen LogP contribution >= 0.6 is 0 Å². The summed E-state index contributed by atoms with van der Waals surface area (Å²) in [5, 5.41) is 4.86. The minimum atomic E-state index is 1.07. The van der Waals surface area contributed by atoms with Gasteiger partial charge in [0.2, 0.25) is 0 Å². The van der Waals surface area contributed by atoms with E-state index in [1.165, 1.54) is 66.1 Å². The topological polar surface area (TPSA) is 6.48 Å². The Morgan fingerprint density at radius 2 is 0.438 bits per heavy atom. The van der Waals surface area contributed by atoms with Gasteiger partial charge in [-0.05, 0) is 139 Å². The number of para-hydroxylation sites is 3. The second-order valence-corrected chi connectivity index (χ2v) is 16.1. The molecule has 0 bridgehead atoms. The molecule has 302 valence electrons. The number of fused-ring (bicyclic) bond motifs is 2. The van der Waals surface area contributed by atoms with Gasteiger partial charge in [-0.3, -0.25) is 0 Å². The third-order valence-corrected chi connectivity index (χ3v) is 12.2. The molecule has 0 atom stereocenters. The Kier molecular flexibility index (Phi) is 10.3. The van der Waals surface area contributed by atoms with Crippen molar-refractivity contribution in [3.63, 3.8) is 0 Å². The van der Waals surface area contributed by atoms with Gasteiger partial charge in [-0.15, -0.1) is 0 Å². The molecule has 0 radical (unpaired) electrons. The summed E-state index contributed by atoms with van der Waals surface area (Å²) in [6.45, 7) is 0. The third kappa shape index (κ3) is 7.38. The van der Waals surface area contributed by atoms with Crippen molar-refractivity contribution in [2.24, 2.45) is 0 Å². The molecule has 0 N–H and O–H groups in total. The highest BCUT2D eigenvalue weighted by molar-refractivity contribution is 6.22. The number of hydrogen-bond acceptors (Lipinski definition) is 2. The Balaban J connectivity index is 1.10. The first-order chi connectivity index (χ1) is 31.8. The van der Waals surface area contributed by atoms with Crippen LogP contribution in [0.1, 0.15) is 0 Å². The van der Waals surface area contributed by atoms with E-state index in [4.69, 9.17) is 0 Å². The largest absolute Gasteiger partial charge is 0.311 e. The molecule has 0 unspecified atom stereocenters. The zero-order chi connectivity index (χ0) is 42.7. The molecule has 11 rings (SSSR count). The van der Waals surface area contributed by atoms with E-state index >= 15 is 0 Å². The summed E-state index contributed by atoms with van der Waals surface area (Å²) in [6, 6.07) is 96.3. The van der Waals surface area contributed by atoms with Gasteiger partial charge in [0.25, 0.3) is 0 Å². The monoisotopic (exact) mass is 816 g/mol. The first kappa shape index (κ1) is 38.5. The Morgan fingerprint density at radius 3 is 0.844 bits per heavy atom. The van der Waals surface area contributed by atoms with Crippen LogP contribution in [-0.4, -0.2) is 0 Å². The average molecular weight is 817 g/mol. The Hall–Kier alpha value is -8.46. The van der Waals surface area contributed by atoms with E-state index in [2.05, 4.69) is 277 Å². The van der Waals surface area contributed by atoms with Crippen LogP contribution in [0.2, 0.25) is 0 Å². The van der Waals surface area contributed by atoms with E-state index in [0.717, 1.165) is 34.1 Å². The molecule has 0 fully saturated rings. The molecule has 0 aliphatic carbocycles. The van der Waals surface area contributed by atoms with Gasteiger partial charge in [0.05, 0.1) is 0 Å². The van der Waals surface area contributed by atoms with Crippen molar-refractivity contribution in [2.45, 2.75) is 0 Å². The molecule has 2 heteroatoms. The highest BCUT2D eigenvalue weighted by Crippen LogP contribution is 2.47. The molecular formula is C62H44N2. The molecule has 0 heterocycles. The fourth-order valence-corrected chi connectivity index (χ4v) is 9.22. The lowest BCUT2D eigenvalue weighted by atomic mass is 9.85. The number of benzene rings is 11. The van der Waals surface area contributed by atoms with Gasteiger partial charge in [-0.1, -0.05) is 194 Å². The molecule has 11 aromatic carbocycles. The number of anilines is 6. The minimum Gasteiger partial charge on any atom is -0.311 e. The molecule has 64 heavy (non-hydrogen) atoms. The van der Waals surface area contributed by atoms with Gasteiger partial charge in [0.15, 0.2) is 0 Å². The van der Waals surface area contributed by atoms with Crippen molar-refractivity contribution in [1.82, 2.24) is 0 Å². The summed E-state index contributed by atoms with van der Waals surface area (Å²) in [7, 11) is 0. The van der Waals surface area contributed by atoms with Crippen molar-refractivity contribution in [3.8, 4) is 44.5 Å². The summed E-state index contributed by atoms with van der Waals surface area (Å²) < 4.78 is 0. The Morgan fingerprint density at radius 1 is 0.172 bits per heavy atom. The lowest BCUT2D eigenvalue weighted by Gasteiger charge is -2.29. The average Bonchev–Trinajstić information content (AvgIpc) is 3.38. The predicted molar refractivity (Wildman–Crippen MR) is 273 cm³/mol. The summed E-state index contributed by atoms with van der Waals surface area (Å²) in [5.74, 6) is 0. The van der Waals surface area contributed by atoms with Crippen LogP contribution in [-0.2, 0) is 0 Å². The smallest absolute Gasteiger partial charge is 0.0468 e. The quantitative estimate of drug-likeness (QED) is 0.127. The molecular weight excluding hydrogens is 773 g/mol. The Bertz CT molecular complexity index is 3280. The van der Waals surface area contributed by atoms with E-state index in [1.807, 2.05) is 0 Å². The summed E-state index contributed by atoms with van der Waals surface area (Å²) in [6.07, 6.45) is 0. The maximum absolute atomic E-state index is 2.41. The lowest BCUT2D eigenvalue weighted by Crippen LogP contribution is -2.12. The summed E-state index contributed by atoms with van der Waals surface area (Å²) in [5.41, 5.74) is 16.2. The number of nitrogens with zero attached hydrogens (tertiary/aromatic N) is 2. The maximum Gasteiger partial charge on any atom is 0.0468 e. The fourth-order valence-electron chi connectivity index (χ4n) is 9.22. The first-order valence-electron chi connectivity index (χ1n) is 21.9. The molecule has 0 aliphatic heterocycles. The van der Waals surface area contributed by atoms with E-state index < -0.39 is 0 Å². The second kappa shape index (κ2) is 17.1. The summed E-state index contributed by atoms with van der Waals surface area (Å²) >= 11 is 0. The van der Waals surface area contributed by atoms with Gasteiger partial charge < -0.3 is 9.80 Å².